The summed E-state index contributed by atoms with van der Waals surface area (Å²) in [5.74, 6) is 0.977. The highest BCUT2D eigenvalue weighted by atomic mass is 32.2. The number of carbonyl (C=O) groups is 1. The molecule has 8 nitrogen and oxygen atoms in total. The first-order valence-electron chi connectivity index (χ1n) is 10.6. The molecule has 3 rings (SSSR count). The summed E-state index contributed by atoms with van der Waals surface area (Å²) in [6, 6.07) is 17.8. The summed E-state index contributed by atoms with van der Waals surface area (Å²) in [5, 5.41) is 2.84. The van der Waals surface area contributed by atoms with Crippen molar-refractivity contribution in [2.45, 2.75) is 24.8 Å². The molecular weight excluding hydrogens is 456 g/mol. The van der Waals surface area contributed by atoms with Crippen LogP contribution in [-0.2, 0) is 10.0 Å². The lowest BCUT2D eigenvalue weighted by molar-refractivity contribution is 0.102. The largest absolute Gasteiger partial charge is 0.493 e. The van der Waals surface area contributed by atoms with Crippen molar-refractivity contribution in [1.82, 2.24) is 0 Å². The minimum absolute atomic E-state index is 0.0412. The maximum absolute atomic E-state index is 13.1. The summed E-state index contributed by atoms with van der Waals surface area (Å²) in [6.45, 7) is 3.81. The fourth-order valence-electron chi connectivity index (χ4n) is 3.22. The molecule has 9 heteroatoms. The molecule has 3 aromatic carbocycles. The summed E-state index contributed by atoms with van der Waals surface area (Å²) in [5.41, 5.74) is 1.33. The number of ether oxygens (including phenoxy) is 3. The van der Waals surface area contributed by atoms with E-state index >= 15 is 0 Å². The molecule has 0 radical (unpaired) electrons. The van der Waals surface area contributed by atoms with Crippen LogP contribution in [0.25, 0.3) is 0 Å². The standard InChI is InChI=1S/C25H28N2O6S/c1-17(2)33-22-9-7-6-8-21(22)26-25(28)18-10-12-19(13-11-18)27(3)34(29,30)20-14-15-23(31-4)24(16-20)32-5/h6-17H,1-5H3,(H,26,28). The Kier molecular flexibility index (Phi) is 7.68. The second-order valence-electron chi connectivity index (χ2n) is 7.65. The predicted octanol–water partition coefficient (Wildman–Crippen LogP) is 4.57. The Balaban J connectivity index is 1.79. The first kappa shape index (κ1) is 24.9. The molecule has 0 aliphatic heterocycles. The first-order valence-corrected chi connectivity index (χ1v) is 12.0. The van der Waals surface area contributed by atoms with Crippen molar-refractivity contribution in [2.24, 2.45) is 0 Å². The van der Waals surface area contributed by atoms with E-state index in [1.54, 1.807) is 42.5 Å². The fraction of sp³-hybridized carbons (Fsp3) is 0.240. The number of benzene rings is 3. The lowest BCUT2D eigenvalue weighted by Gasteiger charge is -2.20. The number of hydrogen-bond acceptors (Lipinski definition) is 6. The number of hydrogen-bond donors (Lipinski definition) is 1. The van der Waals surface area contributed by atoms with Crippen LogP contribution in [0.3, 0.4) is 0 Å². The molecule has 0 saturated carbocycles. The van der Waals surface area contributed by atoms with Gasteiger partial charge in [0.05, 0.1) is 36.6 Å². The highest BCUT2D eigenvalue weighted by Crippen LogP contribution is 2.32. The Morgan fingerprint density at radius 1 is 0.882 bits per heavy atom. The number of rotatable bonds is 9. The van der Waals surface area contributed by atoms with Gasteiger partial charge in [-0.15, -0.1) is 0 Å². The van der Waals surface area contributed by atoms with Gasteiger partial charge in [0.25, 0.3) is 15.9 Å². The van der Waals surface area contributed by atoms with Gasteiger partial charge in [-0.25, -0.2) is 8.42 Å². The molecule has 1 amide bonds. The molecule has 0 aliphatic rings. The number of methoxy groups -OCH3 is 2. The number of carbonyl (C=O) groups excluding carboxylic acids is 1. The molecular formula is C25H28N2O6S. The monoisotopic (exact) mass is 484 g/mol. The Morgan fingerprint density at radius 2 is 1.53 bits per heavy atom. The van der Waals surface area contributed by atoms with Gasteiger partial charge < -0.3 is 19.5 Å². The Hall–Kier alpha value is -3.72. The van der Waals surface area contributed by atoms with Crippen molar-refractivity contribution >= 4 is 27.3 Å². The van der Waals surface area contributed by atoms with Gasteiger partial charge in [-0.3, -0.25) is 9.10 Å². The smallest absolute Gasteiger partial charge is 0.264 e. The van der Waals surface area contributed by atoms with Crippen molar-refractivity contribution in [2.75, 3.05) is 30.9 Å². The molecule has 0 heterocycles. The summed E-state index contributed by atoms with van der Waals surface area (Å²) >= 11 is 0. The lowest BCUT2D eigenvalue weighted by atomic mass is 10.2. The highest BCUT2D eigenvalue weighted by Gasteiger charge is 2.23. The third-order valence-electron chi connectivity index (χ3n) is 5.00. The van der Waals surface area contributed by atoms with Gasteiger partial charge in [-0.2, -0.15) is 0 Å². The average Bonchev–Trinajstić information content (AvgIpc) is 2.84. The molecule has 0 spiro atoms. The van der Waals surface area contributed by atoms with Crippen LogP contribution in [-0.4, -0.2) is 41.7 Å². The molecule has 0 unspecified atom stereocenters. The van der Waals surface area contributed by atoms with E-state index in [-0.39, 0.29) is 16.9 Å². The molecule has 0 bridgehead atoms. The van der Waals surface area contributed by atoms with Crippen molar-refractivity contribution in [3.05, 3.63) is 72.3 Å². The molecule has 0 saturated heterocycles. The lowest BCUT2D eigenvalue weighted by Crippen LogP contribution is -2.26. The van der Waals surface area contributed by atoms with E-state index < -0.39 is 10.0 Å². The van der Waals surface area contributed by atoms with Crippen molar-refractivity contribution in [1.29, 1.82) is 0 Å². The van der Waals surface area contributed by atoms with Gasteiger partial charge in [0, 0.05) is 18.7 Å². The summed E-state index contributed by atoms with van der Waals surface area (Å²) in [6.07, 6.45) is -0.0412. The molecule has 180 valence electrons. The second-order valence-corrected chi connectivity index (χ2v) is 9.62. The number of anilines is 2. The molecule has 0 fully saturated rings. The van der Waals surface area contributed by atoms with Gasteiger partial charge in [-0.05, 0) is 62.4 Å². The molecule has 1 N–H and O–H groups in total. The van der Waals surface area contributed by atoms with Gasteiger partial charge in [0.2, 0.25) is 0 Å². The van der Waals surface area contributed by atoms with Gasteiger partial charge in [0.15, 0.2) is 11.5 Å². The zero-order valence-corrected chi connectivity index (χ0v) is 20.5. The average molecular weight is 485 g/mol. The number of amides is 1. The molecule has 0 atom stereocenters. The van der Waals surface area contributed by atoms with Crippen molar-refractivity contribution in [3.8, 4) is 17.2 Å². The maximum atomic E-state index is 13.1. The van der Waals surface area contributed by atoms with E-state index in [1.165, 1.54) is 39.5 Å². The summed E-state index contributed by atoms with van der Waals surface area (Å²) < 4.78 is 43.5. The number of para-hydroxylation sites is 2. The number of nitrogens with zero attached hydrogens (tertiary/aromatic N) is 1. The third kappa shape index (κ3) is 5.43. The molecule has 3 aromatic rings. The van der Waals surface area contributed by atoms with Gasteiger partial charge in [0.1, 0.15) is 5.75 Å². The van der Waals surface area contributed by atoms with Gasteiger partial charge in [-0.1, -0.05) is 12.1 Å². The van der Waals surface area contributed by atoms with Crippen molar-refractivity contribution < 1.29 is 27.4 Å². The van der Waals surface area contributed by atoms with E-state index in [4.69, 9.17) is 14.2 Å². The Morgan fingerprint density at radius 3 is 2.15 bits per heavy atom. The van der Waals surface area contributed by atoms with Crippen LogP contribution in [0.4, 0.5) is 11.4 Å². The highest BCUT2D eigenvalue weighted by molar-refractivity contribution is 7.92. The molecule has 0 aromatic heterocycles. The Labute approximate surface area is 200 Å². The minimum atomic E-state index is -3.87. The summed E-state index contributed by atoms with van der Waals surface area (Å²) in [7, 11) is 0.495. The first-order chi connectivity index (χ1) is 16.2. The van der Waals surface area contributed by atoms with Crippen LogP contribution in [0.1, 0.15) is 24.2 Å². The van der Waals surface area contributed by atoms with Crippen LogP contribution in [0, 0.1) is 0 Å². The second kappa shape index (κ2) is 10.5. The Bertz CT molecular complexity index is 1260. The fourth-order valence-corrected chi connectivity index (χ4v) is 4.43. The minimum Gasteiger partial charge on any atom is -0.493 e. The number of sulfonamides is 1. The molecule has 0 aliphatic carbocycles. The van der Waals surface area contributed by atoms with E-state index in [9.17, 15) is 13.2 Å². The molecule has 34 heavy (non-hydrogen) atoms. The zero-order valence-electron chi connectivity index (χ0n) is 19.7. The number of nitrogens with one attached hydrogen (secondary N) is 1. The summed E-state index contributed by atoms with van der Waals surface area (Å²) in [4.78, 5) is 12.8. The predicted molar refractivity (Wildman–Crippen MR) is 132 cm³/mol. The normalized spacial score (nSPS) is 11.1. The van der Waals surface area contributed by atoms with Crippen LogP contribution >= 0.6 is 0 Å². The van der Waals surface area contributed by atoms with E-state index in [0.29, 0.717) is 34.2 Å². The van der Waals surface area contributed by atoms with Crippen LogP contribution in [0.2, 0.25) is 0 Å². The van der Waals surface area contributed by atoms with E-state index in [2.05, 4.69) is 5.32 Å². The van der Waals surface area contributed by atoms with E-state index in [0.717, 1.165) is 4.31 Å². The van der Waals surface area contributed by atoms with Crippen molar-refractivity contribution in [3.63, 3.8) is 0 Å². The van der Waals surface area contributed by atoms with Crippen LogP contribution in [0.5, 0.6) is 17.2 Å². The van der Waals surface area contributed by atoms with Crippen LogP contribution < -0.4 is 23.8 Å². The zero-order chi connectivity index (χ0) is 24.9. The quantitative estimate of drug-likeness (QED) is 0.478. The topological polar surface area (TPSA) is 94.2 Å². The maximum Gasteiger partial charge on any atom is 0.264 e. The van der Waals surface area contributed by atoms with Crippen LogP contribution in [0.15, 0.2) is 71.6 Å². The van der Waals surface area contributed by atoms with E-state index in [1.807, 2.05) is 19.9 Å². The van der Waals surface area contributed by atoms with Gasteiger partial charge >= 0.3 is 0 Å². The SMILES string of the molecule is COc1ccc(S(=O)(=O)N(C)c2ccc(C(=O)Nc3ccccc3OC(C)C)cc2)cc1OC. The third-order valence-corrected chi connectivity index (χ3v) is 6.79.